The van der Waals surface area contributed by atoms with E-state index < -0.39 is 11.9 Å². The summed E-state index contributed by atoms with van der Waals surface area (Å²) in [6.45, 7) is 0. The molecular formula is C12H11Cl2FN2O. The molecule has 1 unspecified atom stereocenters. The first kappa shape index (κ1) is 13.3. The molecule has 18 heavy (non-hydrogen) atoms. The van der Waals surface area contributed by atoms with Crippen molar-refractivity contribution in [3.63, 3.8) is 0 Å². The van der Waals surface area contributed by atoms with Crippen LogP contribution >= 0.6 is 23.2 Å². The number of aliphatic hydroxyl groups is 1. The minimum absolute atomic E-state index is 0.0464. The van der Waals surface area contributed by atoms with Gasteiger partial charge in [0.2, 0.25) is 0 Å². The van der Waals surface area contributed by atoms with Gasteiger partial charge in [-0.25, -0.2) is 4.39 Å². The molecule has 0 aliphatic rings. The predicted molar refractivity (Wildman–Crippen MR) is 68.3 cm³/mol. The third-order valence-corrected chi connectivity index (χ3v) is 3.36. The molecule has 6 heteroatoms. The second-order valence-corrected chi connectivity index (χ2v) is 4.74. The lowest BCUT2D eigenvalue weighted by Crippen LogP contribution is -2.09. The normalized spacial score (nSPS) is 12.7. The maximum absolute atomic E-state index is 13.6. The fourth-order valence-electron chi connectivity index (χ4n) is 1.81. The van der Waals surface area contributed by atoms with Crippen LogP contribution in [0.4, 0.5) is 4.39 Å². The van der Waals surface area contributed by atoms with Gasteiger partial charge in [-0.15, -0.1) is 0 Å². The van der Waals surface area contributed by atoms with E-state index in [0.717, 1.165) is 0 Å². The Hall–Kier alpha value is -1.10. The highest BCUT2D eigenvalue weighted by atomic mass is 35.5. The monoisotopic (exact) mass is 288 g/mol. The van der Waals surface area contributed by atoms with Crippen LogP contribution in [0, 0.1) is 5.82 Å². The zero-order valence-electron chi connectivity index (χ0n) is 9.57. The molecule has 0 amide bonds. The molecule has 1 aromatic carbocycles. The number of hydrogen-bond acceptors (Lipinski definition) is 2. The zero-order valence-corrected chi connectivity index (χ0v) is 11.1. The standard InChI is InChI=1S/C12H11Cl2FN2O/c1-17-12(9(14)6-16-17)11(18)5-7-8(13)3-2-4-10(7)15/h2-4,6,11,18H,5H2,1H3. The first-order valence-electron chi connectivity index (χ1n) is 5.29. The van der Waals surface area contributed by atoms with E-state index in [4.69, 9.17) is 23.2 Å². The second kappa shape index (κ2) is 5.26. The summed E-state index contributed by atoms with van der Waals surface area (Å²) in [6.07, 6.45) is 0.521. The largest absolute Gasteiger partial charge is 0.386 e. The predicted octanol–water partition coefficient (Wildman–Crippen LogP) is 3.14. The number of halogens is 3. The molecular weight excluding hydrogens is 278 g/mol. The van der Waals surface area contributed by atoms with Crippen LogP contribution in [0.5, 0.6) is 0 Å². The van der Waals surface area contributed by atoms with E-state index in [1.165, 1.54) is 23.0 Å². The van der Waals surface area contributed by atoms with Crippen LogP contribution in [0.3, 0.4) is 0 Å². The zero-order chi connectivity index (χ0) is 13.3. The molecule has 2 rings (SSSR count). The number of aliphatic hydroxyl groups excluding tert-OH is 1. The quantitative estimate of drug-likeness (QED) is 0.942. The molecule has 0 bridgehead atoms. The van der Waals surface area contributed by atoms with Crippen LogP contribution in [-0.4, -0.2) is 14.9 Å². The van der Waals surface area contributed by atoms with E-state index in [9.17, 15) is 9.50 Å². The van der Waals surface area contributed by atoms with Crippen molar-refractivity contribution >= 4 is 23.2 Å². The van der Waals surface area contributed by atoms with Crippen molar-refractivity contribution in [2.24, 2.45) is 7.05 Å². The molecule has 3 nitrogen and oxygen atoms in total. The molecule has 1 aromatic heterocycles. The average Bonchev–Trinajstić information content (AvgIpc) is 2.64. The number of hydrogen-bond donors (Lipinski definition) is 1. The lowest BCUT2D eigenvalue weighted by Gasteiger charge is -2.13. The Morgan fingerprint density at radius 3 is 2.67 bits per heavy atom. The summed E-state index contributed by atoms with van der Waals surface area (Å²) < 4.78 is 15.1. The van der Waals surface area contributed by atoms with E-state index in [1.807, 2.05) is 0 Å². The molecule has 2 aromatic rings. The van der Waals surface area contributed by atoms with E-state index in [0.29, 0.717) is 10.7 Å². The summed E-state index contributed by atoms with van der Waals surface area (Å²) in [5.74, 6) is -0.445. The molecule has 0 aliphatic heterocycles. The Bertz CT molecular complexity index is 531. The number of aryl methyl sites for hydroxylation is 1. The minimum Gasteiger partial charge on any atom is -0.386 e. The number of benzene rings is 1. The van der Waals surface area contributed by atoms with Gasteiger partial charge in [0, 0.05) is 24.1 Å². The van der Waals surface area contributed by atoms with Gasteiger partial charge in [-0.2, -0.15) is 5.10 Å². The summed E-state index contributed by atoms with van der Waals surface area (Å²) in [5.41, 5.74) is 0.708. The van der Waals surface area contributed by atoms with Crippen LogP contribution in [0.2, 0.25) is 10.0 Å². The van der Waals surface area contributed by atoms with Gasteiger partial charge in [-0.05, 0) is 12.1 Å². The summed E-state index contributed by atoms with van der Waals surface area (Å²) in [5, 5.41) is 14.7. The average molecular weight is 289 g/mol. The molecule has 0 fully saturated rings. The second-order valence-electron chi connectivity index (χ2n) is 3.92. The molecule has 0 saturated heterocycles. The lowest BCUT2D eigenvalue weighted by atomic mass is 10.0. The molecule has 96 valence electrons. The lowest BCUT2D eigenvalue weighted by molar-refractivity contribution is 0.167. The van der Waals surface area contributed by atoms with Gasteiger partial charge in [0.15, 0.2) is 0 Å². The van der Waals surface area contributed by atoms with Crippen molar-refractivity contribution in [1.82, 2.24) is 9.78 Å². The van der Waals surface area contributed by atoms with Crippen LogP contribution in [-0.2, 0) is 13.5 Å². The Balaban J connectivity index is 2.30. The Labute approximate surface area is 114 Å². The summed E-state index contributed by atoms with van der Waals surface area (Å²) in [7, 11) is 1.66. The molecule has 0 saturated carbocycles. The summed E-state index contributed by atoms with van der Waals surface area (Å²) in [6, 6.07) is 4.40. The van der Waals surface area contributed by atoms with Gasteiger partial charge in [0.1, 0.15) is 11.9 Å². The van der Waals surface area contributed by atoms with Crippen molar-refractivity contribution < 1.29 is 9.50 Å². The Morgan fingerprint density at radius 2 is 2.11 bits per heavy atom. The van der Waals surface area contributed by atoms with Crippen molar-refractivity contribution in [1.29, 1.82) is 0 Å². The van der Waals surface area contributed by atoms with E-state index in [-0.39, 0.29) is 17.0 Å². The third-order valence-electron chi connectivity index (χ3n) is 2.71. The van der Waals surface area contributed by atoms with Crippen molar-refractivity contribution in [3.05, 3.63) is 51.5 Å². The van der Waals surface area contributed by atoms with E-state index >= 15 is 0 Å². The van der Waals surface area contributed by atoms with Crippen LogP contribution in [0.25, 0.3) is 0 Å². The SMILES string of the molecule is Cn1ncc(Cl)c1C(O)Cc1c(F)cccc1Cl. The minimum atomic E-state index is -0.959. The van der Waals surface area contributed by atoms with Crippen LogP contribution < -0.4 is 0 Å². The Morgan fingerprint density at radius 1 is 1.39 bits per heavy atom. The van der Waals surface area contributed by atoms with E-state index in [2.05, 4.69) is 5.10 Å². The van der Waals surface area contributed by atoms with Crippen molar-refractivity contribution in [2.45, 2.75) is 12.5 Å². The summed E-state index contributed by atoms with van der Waals surface area (Å²) >= 11 is 11.8. The smallest absolute Gasteiger partial charge is 0.127 e. The number of nitrogens with zero attached hydrogens (tertiary/aromatic N) is 2. The molecule has 0 spiro atoms. The first-order chi connectivity index (χ1) is 8.50. The van der Waals surface area contributed by atoms with Gasteiger partial charge in [-0.3, -0.25) is 4.68 Å². The fourth-order valence-corrected chi connectivity index (χ4v) is 2.34. The molecule has 1 N–H and O–H groups in total. The summed E-state index contributed by atoms with van der Waals surface area (Å²) in [4.78, 5) is 0. The van der Waals surface area contributed by atoms with Gasteiger partial charge in [-0.1, -0.05) is 29.3 Å². The third kappa shape index (κ3) is 2.51. The highest BCUT2D eigenvalue weighted by molar-refractivity contribution is 6.31. The fraction of sp³-hybridized carbons (Fsp3) is 0.250. The van der Waals surface area contributed by atoms with Gasteiger partial charge >= 0.3 is 0 Å². The number of aromatic nitrogens is 2. The van der Waals surface area contributed by atoms with Gasteiger partial charge in [0.25, 0.3) is 0 Å². The highest BCUT2D eigenvalue weighted by Gasteiger charge is 2.19. The topological polar surface area (TPSA) is 38.0 Å². The van der Waals surface area contributed by atoms with Crippen molar-refractivity contribution in [2.75, 3.05) is 0 Å². The molecule has 1 atom stereocenters. The Kier molecular flexibility index (Phi) is 3.90. The van der Waals surface area contributed by atoms with Gasteiger partial charge in [0.05, 0.1) is 16.9 Å². The molecule has 0 radical (unpaired) electrons. The van der Waals surface area contributed by atoms with Crippen molar-refractivity contribution in [3.8, 4) is 0 Å². The number of rotatable bonds is 3. The highest BCUT2D eigenvalue weighted by Crippen LogP contribution is 2.28. The van der Waals surface area contributed by atoms with Gasteiger partial charge < -0.3 is 5.11 Å². The van der Waals surface area contributed by atoms with Crippen LogP contribution in [0.1, 0.15) is 17.4 Å². The first-order valence-corrected chi connectivity index (χ1v) is 6.04. The molecule has 0 aliphatic carbocycles. The maximum atomic E-state index is 13.6. The van der Waals surface area contributed by atoms with E-state index in [1.54, 1.807) is 13.1 Å². The van der Waals surface area contributed by atoms with Crippen LogP contribution in [0.15, 0.2) is 24.4 Å². The molecule has 1 heterocycles. The maximum Gasteiger partial charge on any atom is 0.127 e.